The summed E-state index contributed by atoms with van der Waals surface area (Å²) in [7, 11) is 0. The second kappa shape index (κ2) is 9.29. The molecule has 1 N–H and O–H groups in total. The van der Waals surface area contributed by atoms with Crippen LogP contribution in [0.5, 0.6) is 0 Å². The van der Waals surface area contributed by atoms with Crippen LogP contribution in [0.25, 0.3) is 0 Å². The van der Waals surface area contributed by atoms with Crippen molar-refractivity contribution in [2.45, 2.75) is 0 Å². The fourth-order valence-electron chi connectivity index (χ4n) is 0. The molecule has 0 unspecified atom stereocenters. The molecule has 0 heterocycles. The van der Waals surface area contributed by atoms with Gasteiger partial charge in [-0.05, 0) is 0 Å². The molecule has 0 bridgehead atoms. The van der Waals surface area contributed by atoms with Gasteiger partial charge in [-0.3, -0.25) is 0 Å². The molecule has 0 aromatic rings. The molecule has 0 fully saturated rings. The first-order valence-electron chi connectivity index (χ1n) is 0.323. The SMILES string of the molecule is [Mn].[O-][Cl+]O. The minimum Gasteiger partial charge on any atom is -0.506 e. The average molecular weight is 123 g/mol. The Morgan fingerprint density at radius 1 is 1.75 bits per heavy atom. The molecule has 0 aromatic heterocycles. The molecule has 0 aliphatic carbocycles. The van der Waals surface area contributed by atoms with Gasteiger partial charge in [-0.25, -0.2) is 0 Å². The Labute approximate surface area is 38.4 Å². The van der Waals surface area contributed by atoms with E-state index >= 15 is 0 Å². The van der Waals surface area contributed by atoms with E-state index in [2.05, 4.69) is 0 Å². The van der Waals surface area contributed by atoms with E-state index in [9.17, 15) is 0 Å². The van der Waals surface area contributed by atoms with Crippen molar-refractivity contribution in [3.63, 3.8) is 0 Å². The normalized spacial score (nSPS) is 4.50. The van der Waals surface area contributed by atoms with Crippen molar-refractivity contribution in [1.82, 2.24) is 0 Å². The van der Waals surface area contributed by atoms with E-state index in [0.29, 0.717) is 0 Å². The van der Waals surface area contributed by atoms with Crippen LogP contribution in [0, 0.1) is 11.3 Å². The van der Waals surface area contributed by atoms with Gasteiger partial charge in [-0.1, -0.05) is 0 Å². The van der Waals surface area contributed by atoms with E-state index in [1.54, 1.807) is 0 Å². The Morgan fingerprint density at radius 3 is 1.75 bits per heavy atom. The minimum absolute atomic E-state index is 0. The number of halogens is 1. The van der Waals surface area contributed by atoms with E-state index in [1.807, 2.05) is 0 Å². The van der Waals surface area contributed by atoms with Crippen LogP contribution in [0.15, 0.2) is 0 Å². The van der Waals surface area contributed by atoms with Crippen LogP contribution in [-0.4, -0.2) is 4.66 Å². The zero-order valence-corrected chi connectivity index (χ0v) is 3.55. The van der Waals surface area contributed by atoms with Gasteiger partial charge < -0.3 is 4.66 Å². The zero-order valence-electron chi connectivity index (χ0n) is 1.61. The van der Waals surface area contributed by atoms with E-state index in [0.717, 1.165) is 0 Å². The number of hydrogen-bond acceptors (Lipinski definition) is 2. The number of hydrogen-bond donors (Lipinski definition) is 1. The van der Waals surface area contributed by atoms with Crippen LogP contribution in [0.1, 0.15) is 0 Å². The summed E-state index contributed by atoms with van der Waals surface area (Å²) in [6, 6.07) is 0. The summed E-state index contributed by atoms with van der Waals surface area (Å²) in [5, 5.41) is 0. The smallest absolute Gasteiger partial charge is 0.327 e. The molecule has 0 aromatic carbocycles. The maximum Gasteiger partial charge on any atom is 0.327 e. The average Bonchev–Trinajstić information content (AvgIpc) is 0.918. The molecule has 4 heavy (non-hydrogen) atoms. The molecule has 0 spiro atoms. The Bertz CT molecular complexity index is 6.00. The Morgan fingerprint density at radius 2 is 1.75 bits per heavy atom. The van der Waals surface area contributed by atoms with E-state index in [1.165, 1.54) is 0 Å². The molecule has 0 saturated carbocycles. The Balaban J connectivity index is 0. The van der Waals surface area contributed by atoms with Gasteiger partial charge in [0.1, 0.15) is 0 Å². The van der Waals surface area contributed by atoms with Crippen LogP contribution in [0.4, 0.5) is 0 Å². The van der Waals surface area contributed by atoms with Gasteiger partial charge in [0.25, 0.3) is 0 Å². The van der Waals surface area contributed by atoms with Gasteiger partial charge >= 0.3 is 11.3 Å². The molecule has 0 rings (SSSR count). The number of rotatable bonds is 0. The Hall–Kier alpha value is 0.729. The van der Waals surface area contributed by atoms with Crippen molar-refractivity contribution < 1.29 is 37.7 Å². The molecule has 4 heteroatoms. The molecule has 0 saturated heterocycles. The third-order valence-corrected chi connectivity index (χ3v) is 0. The maximum absolute atomic E-state index is 8.35. The fourth-order valence-corrected chi connectivity index (χ4v) is 0. The van der Waals surface area contributed by atoms with Gasteiger partial charge in [-0.15, -0.1) is 4.66 Å². The monoisotopic (exact) mass is 123 g/mol. The van der Waals surface area contributed by atoms with E-state index < -0.39 is 0 Å². The molecule has 0 atom stereocenters. The molecule has 0 aliphatic rings. The van der Waals surface area contributed by atoms with Crippen LogP contribution in [0.3, 0.4) is 0 Å². The van der Waals surface area contributed by atoms with Crippen molar-refractivity contribution in [2.75, 3.05) is 0 Å². The van der Waals surface area contributed by atoms with Crippen LogP contribution in [-0.2, 0) is 17.1 Å². The first-order chi connectivity index (χ1) is 1.41. The van der Waals surface area contributed by atoms with Gasteiger partial charge in [0, 0.05) is 17.1 Å². The third-order valence-electron chi connectivity index (χ3n) is 0. The second-order valence-corrected chi connectivity index (χ2v) is 0.207. The minimum atomic E-state index is -0.167. The molecule has 0 aliphatic heterocycles. The molecule has 27 valence electrons. The molecule has 0 amide bonds. The first-order valence-corrected chi connectivity index (χ1v) is 0.970. The van der Waals surface area contributed by atoms with Crippen LogP contribution < -0.4 is 4.66 Å². The first kappa shape index (κ1) is 8.83. The zero-order chi connectivity index (χ0) is 2.71. The van der Waals surface area contributed by atoms with Gasteiger partial charge in [0.15, 0.2) is 0 Å². The quantitative estimate of drug-likeness (QED) is 0.388. The topological polar surface area (TPSA) is 43.3 Å². The largest absolute Gasteiger partial charge is 0.506 e. The van der Waals surface area contributed by atoms with Crippen molar-refractivity contribution >= 4 is 0 Å². The van der Waals surface area contributed by atoms with Gasteiger partial charge in [-0.2, -0.15) is 0 Å². The third kappa shape index (κ3) is 15.3. The van der Waals surface area contributed by atoms with Crippen LogP contribution in [0.2, 0.25) is 0 Å². The second-order valence-electron chi connectivity index (χ2n) is 0.0690. The predicted octanol–water partition coefficient (Wildman–Crippen LogP) is -1.75. The molecular weight excluding hydrogens is 122 g/mol. The van der Waals surface area contributed by atoms with Crippen molar-refractivity contribution in [3.05, 3.63) is 0 Å². The molecular formula is HClMnO2. The van der Waals surface area contributed by atoms with E-state index in [-0.39, 0.29) is 28.4 Å². The summed E-state index contributed by atoms with van der Waals surface area (Å²) in [6.45, 7) is 0. The summed E-state index contributed by atoms with van der Waals surface area (Å²) in [5.41, 5.74) is 0. The van der Waals surface area contributed by atoms with Gasteiger partial charge in [0.05, 0.1) is 0 Å². The summed E-state index contributed by atoms with van der Waals surface area (Å²) >= 11 is -0.167. The van der Waals surface area contributed by atoms with Crippen LogP contribution >= 0.6 is 0 Å². The van der Waals surface area contributed by atoms with Crippen molar-refractivity contribution in [2.24, 2.45) is 0 Å². The summed E-state index contributed by atoms with van der Waals surface area (Å²) < 4.78 is 15.2. The summed E-state index contributed by atoms with van der Waals surface area (Å²) in [6.07, 6.45) is 0. The molecule has 1 radical (unpaired) electrons. The van der Waals surface area contributed by atoms with E-state index in [4.69, 9.17) is 9.32 Å². The summed E-state index contributed by atoms with van der Waals surface area (Å²) in [4.78, 5) is 0. The predicted molar refractivity (Wildman–Crippen MR) is 2.22 cm³/mol. The Kier molecular flexibility index (Phi) is 20.5. The summed E-state index contributed by atoms with van der Waals surface area (Å²) in [5.74, 6) is 0. The van der Waals surface area contributed by atoms with Gasteiger partial charge in [0.2, 0.25) is 0 Å². The standard InChI is InChI=1S/ClHO2.Mn/c2-1-3;/h2H;. The maximum atomic E-state index is 8.35. The fraction of sp³-hybridized carbons (Fsp3) is 0. The van der Waals surface area contributed by atoms with Crippen molar-refractivity contribution in [1.29, 1.82) is 0 Å². The van der Waals surface area contributed by atoms with Crippen molar-refractivity contribution in [3.8, 4) is 0 Å². The molecule has 2 nitrogen and oxygen atoms in total.